The van der Waals surface area contributed by atoms with Crippen LogP contribution in [0.1, 0.15) is 44.9 Å². The molecule has 0 fully saturated rings. The number of methoxy groups -OCH3 is 2. The summed E-state index contributed by atoms with van der Waals surface area (Å²) < 4.78 is 24.3. The van der Waals surface area contributed by atoms with E-state index in [1.165, 1.54) is 11.3 Å². The zero-order valence-electron chi connectivity index (χ0n) is 21.7. The molecule has 1 aromatic heterocycles. The Morgan fingerprint density at radius 3 is 2.57 bits per heavy atom. The Bertz CT molecular complexity index is 1530. The number of hydrogen-bond acceptors (Lipinski definition) is 8. The Balaban J connectivity index is 1.98. The summed E-state index contributed by atoms with van der Waals surface area (Å²) in [5, 5.41) is 0. The summed E-state index contributed by atoms with van der Waals surface area (Å²) in [6.07, 6.45) is 1.66. The van der Waals surface area contributed by atoms with Crippen LogP contribution in [0.4, 0.5) is 0 Å². The van der Waals surface area contributed by atoms with Gasteiger partial charge in [0.2, 0.25) is 0 Å². The highest BCUT2D eigenvalue weighted by Gasteiger charge is 2.35. The van der Waals surface area contributed by atoms with Crippen LogP contribution in [-0.4, -0.2) is 37.5 Å². The van der Waals surface area contributed by atoms with E-state index in [-0.39, 0.29) is 18.3 Å². The zero-order chi connectivity index (χ0) is 26.7. The maximum Gasteiger partial charge on any atom is 0.338 e. The van der Waals surface area contributed by atoms with Crippen LogP contribution >= 0.6 is 11.3 Å². The van der Waals surface area contributed by atoms with Crippen LogP contribution < -0.4 is 29.1 Å². The van der Waals surface area contributed by atoms with E-state index in [0.29, 0.717) is 43.4 Å². The second kappa shape index (κ2) is 11.0. The quantitative estimate of drug-likeness (QED) is 0.420. The highest BCUT2D eigenvalue weighted by atomic mass is 32.1. The van der Waals surface area contributed by atoms with Crippen molar-refractivity contribution in [2.24, 2.45) is 4.99 Å². The fraction of sp³-hybridized carbons (Fsp3) is 0.321. The molecule has 1 aliphatic rings. The third-order valence-corrected chi connectivity index (χ3v) is 6.80. The van der Waals surface area contributed by atoms with E-state index in [1.54, 1.807) is 50.8 Å². The highest BCUT2D eigenvalue weighted by molar-refractivity contribution is 7.07. The van der Waals surface area contributed by atoms with Crippen molar-refractivity contribution in [2.45, 2.75) is 39.8 Å². The maximum absolute atomic E-state index is 13.9. The molecule has 0 saturated heterocycles. The van der Waals surface area contributed by atoms with Crippen LogP contribution in [0.15, 0.2) is 63.5 Å². The van der Waals surface area contributed by atoms with E-state index in [0.717, 1.165) is 5.56 Å². The van der Waals surface area contributed by atoms with Gasteiger partial charge in [0, 0.05) is 17.2 Å². The van der Waals surface area contributed by atoms with Gasteiger partial charge >= 0.3 is 5.97 Å². The Hall–Kier alpha value is -3.85. The Kier molecular flexibility index (Phi) is 7.83. The Labute approximate surface area is 219 Å². The standard InChI is InChI=1S/C28H30N2O6S/c1-7-35-27(32)24-17(4)29-28-30(25(24)20-10-8-9-11-21(20)36-16(2)3)26(31)23(37-28)14-18-12-13-19(33-5)15-22(18)34-6/h8-16,25H,7H2,1-6H3/b23-14+/t25-/m1/s1. The number of nitrogens with zero attached hydrogens (tertiary/aromatic N) is 2. The van der Waals surface area contributed by atoms with Crippen LogP contribution in [-0.2, 0) is 9.53 Å². The van der Waals surface area contributed by atoms with E-state index in [1.807, 2.05) is 44.2 Å². The van der Waals surface area contributed by atoms with Crippen molar-refractivity contribution >= 4 is 23.4 Å². The molecule has 0 N–H and O–H groups in total. The van der Waals surface area contributed by atoms with Crippen LogP contribution in [0.5, 0.6) is 17.2 Å². The summed E-state index contributed by atoms with van der Waals surface area (Å²) in [6, 6.07) is 12.1. The lowest BCUT2D eigenvalue weighted by Gasteiger charge is -2.26. The van der Waals surface area contributed by atoms with Crippen molar-refractivity contribution in [3.05, 3.63) is 84.5 Å². The summed E-state index contributed by atoms with van der Waals surface area (Å²) in [5.74, 6) is 1.29. The number of thiazole rings is 1. The summed E-state index contributed by atoms with van der Waals surface area (Å²) in [6.45, 7) is 7.56. The molecule has 37 heavy (non-hydrogen) atoms. The SMILES string of the molecule is CCOC(=O)C1=C(C)N=c2s/c(=C/c3ccc(OC)cc3OC)c(=O)n2[C@@H]1c1ccccc1OC(C)C. The maximum atomic E-state index is 13.9. The van der Waals surface area contributed by atoms with E-state index >= 15 is 0 Å². The number of ether oxygens (including phenoxy) is 4. The third kappa shape index (κ3) is 5.17. The molecule has 1 atom stereocenters. The largest absolute Gasteiger partial charge is 0.497 e. The topological polar surface area (TPSA) is 88.4 Å². The molecule has 0 saturated carbocycles. The number of carbonyl (C=O) groups is 1. The summed E-state index contributed by atoms with van der Waals surface area (Å²) in [7, 11) is 3.14. The minimum Gasteiger partial charge on any atom is -0.497 e. The van der Waals surface area contributed by atoms with E-state index in [4.69, 9.17) is 18.9 Å². The van der Waals surface area contributed by atoms with Gasteiger partial charge in [-0.3, -0.25) is 9.36 Å². The molecule has 0 spiro atoms. The average Bonchev–Trinajstić information content (AvgIpc) is 3.17. The summed E-state index contributed by atoms with van der Waals surface area (Å²) in [4.78, 5) is 32.2. The molecule has 3 aromatic rings. The van der Waals surface area contributed by atoms with Gasteiger partial charge in [0.05, 0.1) is 42.7 Å². The van der Waals surface area contributed by atoms with Crippen LogP contribution in [0, 0.1) is 0 Å². The van der Waals surface area contributed by atoms with Crippen LogP contribution in [0.25, 0.3) is 6.08 Å². The molecule has 2 aromatic carbocycles. The van der Waals surface area contributed by atoms with Crippen molar-refractivity contribution in [3.8, 4) is 17.2 Å². The number of esters is 1. The highest BCUT2D eigenvalue weighted by Crippen LogP contribution is 2.36. The normalized spacial score (nSPS) is 15.3. The number of aromatic nitrogens is 1. The molecule has 8 nitrogen and oxygen atoms in total. The molecule has 194 valence electrons. The number of para-hydroxylation sites is 1. The van der Waals surface area contributed by atoms with E-state index in [9.17, 15) is 9.59 Å². The van der Waals surface area contributed by atoms with E-state index in [2.05, 4.69) is 4.99 Å². The molecular weight excluding hydrogens is 492 g/mol. The van der Waals surface area contributed by atoms with Gasteiger partial charge in [0.15, 0.2) is 4.80 Å². The smallest absolute Gasteiger partial charge is 0.338 e. The minimum atomic E-state index is -0.759. The van der Waals surface area contributed by atoms with Crippen LogP contribution in [0.3, 0.4) is 0 Å². The molecule has 9 heteroatoms. The molecule has 2 heterocycles. The van der Waals surface area contributed by atoms with Gasteiger partial charge in [-0.15, -0.1) is 0 Å². The van der Waals surface area contributed by atoms with Gasteiger partial charge in [0.1, 0.15) is 23.3 Å². The predicted octanol–water partition coefficient (Wildman–Crippen LogP) is 3.60. The predicted molar refractivity (Wildman–Crippen MR) is 142 cm³/mol. The average molecular weight is 523 g/mol. The lowest BCUT2D eigenvalue weighted by Crippen LogP contribution is -2.40. The first-order chi connectivity index (χ1) is 17.8. The summed E-state index contributed by atoms with van der Waals surface area (Å²) in [5.41, 5.74) is 1.93. The van der Waals surface area contributed by atoms with Gasteiger partial charge in [-0.1, -0.05) is 29.5 Å². The van der Waals surface area contributed by atoms with Crippen molar-refractivity contribution in [2.75, 3.05) is 20.8 Å². The van der Waals surface area contributed by atoms with Gasteiger partial charge in [-0.25, -0.2) is 9.79 Å². The second-order valence-corrected chi connectivity index (χ2v) is 9.62. The molecule has 0 unspecified atom stereocenters. The molecule has 1 aliphatic heterocycles. The first-order valence-electron chi connectivity index (χ1n) is 12.0. The zero-order valence-corrected chi connectivity index (χ0v) is 22.5. The lowest BCUT2D eigenvalue weighted by atomic mass is 9.95. The molecule has 0 amide bonds. The molecule has 0 bridgehead atoms. The molecule has 0 radical (unpaired) electrons. The van der Waals surface area contributed by atoms with Gasteiger partial charge < -0.3 is 18.9 Å². The number of allylic oxidation sites excluding steroid dienone is 1. The number of hydrogen-bond donors (Lipinski definition) is 0. The van der Waals surface area contributed by atoms with Crippen molar-refractivity contribution in [1.29, 1.82) is 0 Å². The van der Waals surface area contributed by atoms with E-state index < -0.39 is 12.0 Å². The fourth-order valence-electron chi connectivity index (χ4n) is 4.23. The van der Waals surface area contributed by atoms with Crippen molar-refractivity contribution < 1.29 is 23.7 Å². The van der Waals surface area contributed by atoms with Gasteiger partial charge in [0.25, 0.3) is 5.56 Å². The van der Waals surface area contributed by atoms with Crippen LogP contribution in [0.2, 0.25) is 0 Å². The first kappa shape index (κ1) is 26.2. The van der Waals surface area contributed by atoms with Crippen molar-refractivity contribution in [1.82, 2.24) is 4.57 Å². The number of benzene rings is 2. The Morgan fingerprint density at radius 2 is 1.89 bits per heavy atom. The third-order valence-electron chi connectivity index (χ3n) is 5.82. The first-order valence-corrected chi connectivity index (χ1v) is 12.8. The number of fused-ring (bicyclic) bond motifs is 1. The van der Waals surface area contributed by atoms with Crippen molar-refractivity contribution in [3.63, 3.8) is 0 Å². The fourth-order valence-corrected chi connectivity index (χ4v) is 5.27. The molecule has 0 aliphatic carbocycles. The monoisotopic (exact) mass is 522 g/mol. The molecular formula is C28H30N2O6S. The molecule has 4 rings (SSSR count). The Morgan fingerprint density at radius 1 is 1.14 bits per heavy atom. The second-order valence-electron chi connectivity index (χ2n) is 8.61. The number of rotatable bonds is 8. The minimum absolute atomic E-state index is 0.101. The lowest BCUT2D eigenvalue weighted by molar-refractivity contribution is -0.139. The number of carbonyl (C=O) groups excluding carboxylic acids is 1. The van der Waals surface area contributed by atoms with Gasteiger partial charge in [-0.2, -0.15) is 0 Å². The summed E-state index contributed by atoms with van der Waals surface area (Å²) >= 11 is 1.25. The van der Waals surface area contributed by atoms with Gasteiger partial charge in [-0.05, 0) is 52.0 Å².